The zero-order chi connectivity index (χ0) is 27.7. The molecule has 0 saturated carbocycles. The monoisotopic (exact) mass is 558 g/mol. The van der Waals surface area contributed by atoms with Crippen molar-refractivity contribution in [2.75, 3.05) is 32.1 Å². The average Bonchev–Trinajstić information content (AvgIpc) is 3.47. The number of fused-ring (bicyclic) bond motifs is 2. The Balaban J connectivity index is 1.29. The van der Waals surface area contributed by atoms with Gasteiger partial charge in [-0.2, -0.15) is 18.4 Å². The van der Waals surface area contributed by atoms with E-state index in [-0.39, 0.29) is 17.5 Å². The molecule has 0 bridgehead atoms. The number of aliphatic hydroxyl groups is 1. The maximum absolute atomic E-state index is 12.9. The zero-order valence-corrected chi connectivity index (χ0v) is 22.5. The number of halogens is 3. The van der Waals surface area contributed by atoms with E-state index in [1.54, 1.807) is 13.2 Å². The summed E-state index contributed by atoms with van der Waals surface area (Å²) in [5.41, 5.74) is 3.48. The Bertz CT molecular complexity index is 1530. The minimum Gasteiger partial charge on any atom is -0.496 e. The quantitative estimate of drug-likeness (QED) is 0.314. The molecule has 12 heteroatoms. The lowest BCUT2D eigenvalue weighted by Crippen LogP contribution is -2.39. The molecule has 1 saturated heterocycles. The Morgan fingerprint density at radius 3 is 2.64 bits per heavy atom. The average molecular weight is 559 g/mol. The second kappa shape index (κ2) is 11.0. The van der Waals surface area contributed by atoms with Gasteiger partial charge in [0.2, 0.25) is 0 Å². The molecular formula is C27H29F3N6O2S. The van der Waals surface area contributed by atoms with Crippen LogP contribution in [-0.4, -0.2) is 63.6 Å². The Hall–Kier alpha value is -3.40. The molecule has 1 aliphatic heterocycles. The van der Waals surface area contributed by atoms with Crippen LogP contribution in [0.5, 0.6) is 5.75 Å². The van der Waals surface area contributed by atoms with Crippen LogP contribution in [0, 0.1) is 18.3 Å². The third-order valence-electron chi connectivity index (χ3n) is 7.28. The summed E-state index contributed by atoms with van der Waals surface area (Å²) in [5.74, 6) is 1.32. The number of hydrogen-bond acceptors (Lipinski definition) is 8. The smallest absolute Gasteiger partial charge is 0.393 e. The maximum Gasteiger partial charge on any atom is 0.393 e. The van der Waals surface area contributed by atoms with Crippen LogP contribution in [0.1, 0.15) is 34.5 Å². The molecule has 5 rings (SSSR count). The van der Waals surface area contributed by atoms with Gasteiger partial charge in [-0.25, -0.2) is 9.97 Å². The van der Waals surface area contributed by atoms with Crippen molar-refractivity contribution >= 4 is 38.3 Å². The molecule has 1 aromatic carbocycles. The fourth-order valence-corrected chi connectivity index (χ4v) is 6.37. The van der Waals surface area contributed by atoms with Crippen molar-refractivity contribution in [1.29, 1.82) is 5.26 Å². The van der Waals surface area contributed by atoms with E-state index in [0.29, 0.717) is 34.8 Å². The van der Waals surface area contributed by atoms with Crippen molar-refractivity contribution < 1.29 is 23.0 Å². The number of nitrogens with zero attached hydrogens (tertiary/aromatic N) is 5. The molecule has 0 spiro atoms. The van der Waals surface area contributed by atoms with Crippen molar-refractivity contribution in [2.45, 2.75) is 51.5 Å². The molecule has 8 nitrogen and oxygen atoms in total. The van der Waals surface area contributed by atoms with E-state index in [1.807, 2.05) is 23.6 Å². The number of aryl methyl sites for hydroxylation is 1. The first-order valence-corrected chi connectivity index (χ1v) is 13.5. The molecule has 4 aromatic rings. The summed E-state index contributed by atoms with van der Waals surface area (Å²) < 4.78 is 46.2. The fourth-order valence-electron chi connectivity index (χ4n) is 5.35. The number of aromatic nitrogens is 3. The van der Waals surface area contributed by atoms with Crippen LogP contribution in [-0.2, 0) is 19.5 Å². The number of aliphatic hydroxyl groups excluding tert-OH is 1. The lowest BCUT2D eigenvalue weighted by molar-refractivity contribution is -0.126. The number of alkyl halides is 3. The summed E-state index contributed by atoms with van der Waals surface area (Å²) >= 11 is 1.05. The number of piperidine rings is 1. The highest BCUT2D eigenvalue weighted by atomic mass is 32.1. The van der Waals surface area contributed by atoms with E-state index in [0.717, 1.165) is 65.0 Å². The van der Waals surface area contributed by atoms with Crippen molar-refractivity contribution in [3.8, 4) is 11.8 Å². The number of thiophene rings is 1. The second-order valence-electron chi connectivity index (χ2n) is 9.77. The molecular weight excluding hydrogens is 529 g/mol. The first-order chi connectivity index (χ1) is 18.7. The van der Waals surface area contributed by atoms with Crippen molar-refractivity contribution in [2.24, 2.45) is 0 Å². The molecule has 3 aromatic heterocycles. The standard InChI is InChI=1S/C27H29F3N6O2S/c1-16-20-9-18(13-31)36(7-8-37)23(20)11-24(38-2)22(16)14-35-5-3-17(4-6-35)34-25-21-10-19(12-27(28,29)30)39-26(21)33-15-32-25/h9-11,15,17,37H,3-8,12,14H2,1-2H3,(H,32,33,34). The van der Waals surface area contributed by atoms with Gasteiger partial charge in [0.25, 0.3) is 0 Å². The number of ether oxygens (including phenoxy) is 1. The molecule has 1 fully saturated rings. The molecule has 0 atom stereocenters. The lowest BCUT2D eigenvalue weighted by Gasteiger charge is -2.33. The fraction of sp³-hybridized carbons (Fsp3) is 0.444. The van der Waals surface area contributed by atoms with Crippen LogP contribution in [0.2, 0.25) is 0 Å². The van der Waals surface area contributed by atoms with Gasteiger partial charge in [0, 0.05) is 54.1 Å². The number of rotatable bonds is 8. The van der Waals surface area contributed by atoms with Crippen LogP contribution in [0.25, 0.3) is 21.1 Å². The summed E-state index contributed by atoms with van der Waals surface area (Å²) in [7, 11) is 1.64. The van der Waals surface area contributed by atoms with E-state index >= 15 is 0 Å². The largest absolute Gasteiger partial charge is 0.496 e. The van der Waals surface area contributed by atoms with Crippen molar-refractivity contribution in [1.82, 2.24) is 19.4 Å². The van der Waals surface area contributed by atoms with Gasteiger partial charge in [-0.3, -0.25) is 4.90 Å². The zero-order valence-electron chi connectivity index (χ0n) is 21.7. The number of hydrogen-bond donors (Lipinski definition) is 2. The predicted molar refractivity (Wildman–Crippen MR) is 144 cm³/mol. The van der Waals surface area contributed by atoms with E-state index in [9.17, 15) is 23.5 Å². The van der Waals surface area contributed by atoms with Gasteiger partial charge < -0.3 is 19.7 Å². The summed E-state index contributed by atoms with van der Waals surface area (Å²) in [6, 6.07) is 7.71. The minimum atomic E-state index is -4.26. The molecule has 1 aliphatic rings. The van der Waals surface area contributed by atoms with Gasteiger partial charge in [0.05, 0.1) is 31.0 Å². The summed E-state index contributed by atoms with van der Waals surface area (Å²) in [4.78, 5) is 11.6. The van der Waals surface area contributed by atoms with Gasteiger partial charge in [-0.15, -0.1) is 11.3 Å². The van der Waals surface area contributed by atoms with Crippen molar-refractivity contribution in [3.63, 3.8) is 0 Å². The first-order valence-electron chi connectivity index (χ1n) is 12.7. The molecule has 206 valence electrons. The number of methoxy groups -OCH3 is 1. The normalized spacial score (nSPS) is 15.2. The van der Waals surface area contributed by atoms with Crippen LogP contribution >= 0.6 is 11.3 Å². The minimum absolute atomic E-state index is 0.0633. The van der Waals surface area contributed by atoms with Crippen LogP contribution in [0.3, 0.4) is 0 Å². The predicted octanol–water partition coefficient (Wildman–Crippen LogP) is 5.01. The topological polar surface area (TPSA) is 99.2 Å². The number of anilines is 1. The first kappa shape index (κ1) is 27.2. The van der Waals surface area contributed by atoms with E-state index in [1.165, 1.54) is 6.33 Å². The molecule has 4 heterocycles. The highest BCUT2D eigenvalue weighted by Gasteiger charge is 2.29. The Morgan fingerprint density at radius 2 is 1.97 bits per heavy atom. The molecule has 0 radical (unpaired) electrons. The van der Waals surface area contributed by atoms with Gasteiger partial charge in [0.15, 0.2) is 0 Å². The highest BCUT2D eigenvalue weighted by Crippen LogP contribution is 2.35. The van der Waals surface area contributed by atoms with E-state index < -0.39 is 12.6 Å². The van der Waals surface area contributed by atoms with Crippen LogP contribution in [0.15, 0.2) is 24.5 Å². The number of likely N-dealkylation sites (tertiary alicyclic amines) is 1. The number of nitrogens with one attached hydrogen (secondary N) is 1. The summed E-state index contributed by atoms with van der Waals surface area (Å²) in [5, 5.41) is 24.1. The Morgan fingerprint density at radius 1 is 1.21 bits per heavy atom. The highest BCUT2D eigenvalue weighted by molar-refractivity contribution is 7.18. The molecule has 2 N–H and O–H groups in total. The van der Waals surface area contributed by atoms with E-state index in [4.69, 9.17) is 4.74 Å². The molecule has 0 aliphatic carbocycles. The van der Waals surface area contributed by atoms with E-state index in [2.05, 4.69) is 26.3 Å². The van der Waals surface area contributed by atoms with Gasteiger partial charge >= 0.3 is 6.18 Å². The third kappa shape index (κ3) is 5.66. The van der Waals surface area contributed by atoms with Gasteiger partial charge in [0.1, 0.15) is 34.5 Å². The summed E-state index contributed by atoms with van der Waals surface area (Å²) in [6.45, 7) is 4.64. The SMILES string of the molecule is COc1cc2c(cc(C#N)n2CCO)c(C)c1CN1CCC(Nc2ncnc3sc(CC(F)(F)F)cc23)CC1. The molecule has 0 unspecified atom stereocenters. The Labute approximate surface area is 227 Å². The van der Waals surface area contributed by atoms with Crippen LogP contribution < -0.4 is 10.1 Å². The van der Waals surface area contributed by atoms with Gasteiger partial charge in [-0.05, 0) is 37.5 Å². The molecule has 0 amide bonds. The maximum atomic E-state index is 12.9. The second-order valence-corrected chi connectivity index (χ2v) is 10.9. The third-order valence-corrected chi connectivity index (χ3v) is 8.33. The molecule has 39 heavy (non-hydrogen) atoms. The number of benzene rings is 1. The van der Waals surface area contributed by atoms with Crippen molar-refractivity contribution in [3.05, 3.63) is 46.2 Å². The lowest BCUT2D eigenvalue weighted by atomic mass is 10.00. The summed E-state index contributed by atoms with van der Waals surface area (Å²) in [6.07, 6.45) is -2.14. The number of nitriles is 1. The van der Waals surface area contributed by atoms with Crippen LogP contribution in [0.4, 0.5) is 19.0 Å². The van der Waals surface area contributed by atoms with Gasteiger partial charge in [-0.1, -0.05) is 0 Å². The Kier molecular flexibility index (Phi) is 7.66.